The number of hydrogen-bond donors (Lipinski definition) is 0. The summed E-state index contributed by atoms with van der Waals surface area (Å²) in [7, 11) is 1.63. The maximum atomic E-state index is 12.7. The van der Waals surface area contributed by atoms with Gasteiger partial charge in [0, 0.05) is 39.4 Å². The second-order valence-corrected chi connectivity index (χ2v) is 6.33. The first-order valence-corrected chi connectivity index (χ1v) is 8.01. The third-order valence-corrected chi connectivity index (χ3v) is 5.07. The van der Waals surface area contributed by atoms with Crippen LogP contribution in [0.15, 0.2) is 24.4 Å². The Morgan fingerprint density at radius 2 is 2.13 bits per heavy atom. The van der Waals surface area contributed by atoms with Crippen LogP contribution < -0.4 is 4.90 Å². The molecule has 3 atom stereocenters. The van der Waals surface area contributed by atoms with Crippen LogP contribution in [0.1, 0.15) is 12.8 Å². The molecule has 0 saturated carbocycles. The van der Waals surface area contributed by atoms with Gasteiger partial charge in [-0.1, -0.05) is 6.07 Å². The largest absolute Gasteiger partial charge is 0.380 e. The molecule has 0 radical (unpaired) electrons. The molecule has 3 aliphatic rings. The average Bonchev–Trinajstić information content (AvgIpc) is 3.26. The van der Waals surface area contributed by atoms with E-state index in [1.54, 1.807) is 18.2 Å². The van der Waals surface area contributed by atoms with Crippen molar-refractivity contribution in [1.82, 2.24) is 14.8 Å². The lowest BCUT2D eigenvalue weighted by Gasteiger charge is -2.24. The first kappa shape index (κ1) is 14.4. The normalized spacial score (nSPS) is 30.5. The summed E-state index contributed by atoms with van der Waals surface area (Å²) in [6.07, 6.45) is 3.13. The van der Waals surface area contributed by atoms with E-state index in [4.69, 9.17) is 4.74 Å². The van der Waals surface area contributed by atoms with E-state index < -0.39 is 0 Å². The van der Waals surface area contributed by atoms with Gasteiger partial charge in [0.1, 0.15) is 11.9 Å². The van der Waals surface area contributed by atoms with Crippen molar-refractivity contribution in [3.63, 3.8) is 0 Å². The first-order chi connectivity index (χ1) is 11.2. The Bertz CT molecular complexity index is 599. The van der Waals surface area contributed by atoms with E-state index >= 15 is 0 Å². The molecule has 0 unspecified atom stereocenters. The lowest BCUT2D eigenvalue weighted by atomic mass is 10.1. The highest BCUT2D eigenvalue weighted by Crippen LogP contribution is 2.32. The van der Waals surface area contributed by atoms with Crippen LogP contribution >= 0.6 is 0 Å². The Morgan fingerprint density at radius 1 is 1.26 bits per heavy atom. The van der Waals surface area contributed by atoms with Crippen LogP contribution in [0.5, 0.6) is 0 Å². The van der Waals surface area contributed by atoms with Gasteiger partial charge in [-0.05, 0) is 18.6 Å². The number of carbonyl (C=O) groups is 2. The Kier molecular flexibility index (Phi) is 3.45. The van der Waals surface area contributed by atoms with Crippen molar-refractivity contribution in [3.05, 3.63) is 24.4 Å². The molecule has 1 aromatic rings. The second-order valence-electron chi connectivity index (χ2n) is 6.33. The minimum Gasteiger partial charge on any atom is -0.380 e. The number of ether oxygens (including phenoxy) is 1. The van der Waals surface area contributed by atoms with Crippen LogP contribution in [0, 0.1) is 0 Å². The van der Waals surface area contributed by atoms with Crippen LogP contribution in [0.3, 0.4) is 0 Å². The van der Waals surface area contributed by atoms with Crippen molar-refractivity contribution in [1.29, 1.82) is 0 Å². The topological polar surface area (TPSA) is 66.0 Å². The van der Waals surface area contributed by atoms with Crippen molar-refractivity contribution in [2.45, 2.75) is 31.0 Å². The van der Waals surface area contributed by atoms with Gasteiger partial charge < -0.3 is 14.5 Å². The number of carbonyl (C=O) groups excluding carboxylic acids is 2. The van der Waals surface area contributed by atoms with Crippen LogP contribution in [-0.2, 0) is 9.53 Å². The zero-order valence-electron chi connectivity index (χ0n) is 13.1. The second kappa shape index (κ2) is 5.49. The third kappa shape index (κ3) is 2.26. The maximum Gasteiger partial charge on any atom is 0.327 e. The van der Waals surface area contributed by atoms with Gasteiger partial charge in [0.15, 0.2) is 0 Å². The number of hydrogen-bond acceptors (Lipinski definition) is 5. The molecule has 3 fully saturated rings. The van der Waals surface area contributed by atoms with Gasteiger partial charge in [-0.25, -0.2) is 9.78 Å². The number of imide groups is 1. The van der Waals surface area contributed by atoms with Gasteiger partial charge in [-0.15, -0.1) is 0 Å². The van der Waals surface area contributed by atoms with Gasteiger partial charge in [0.2, 0.25) is 0 Å². The molecule has 23 heavy (non-hydrogen) atoms. The number of rotatable bonds is 3. The van der Waals surface area contributed by atoms with E-state index in [0.717, 1.165) is 18.8 Å². The summed E-state index contributed by atoms with van der Waals surface area (Å²) in [4.78, 5) is 34.9. The first-order valence-electron chi connectivity index (χ1n) is 8.01. The average molecular weight is 316 g/mol. The Morgan fingerprint density at radius 3 is 2.83 bits per heavy atom. The molecule has 3 amide bonds. The Labute approximate surface area is 134 Å². The van der Waals surface area contributed by atoms with Crippen molar-refractivity contribution < 1.29 is 14.3 Å². The number of nitrogens with zero attached hydrogens (tertiary/aromatic N) is 4. The molecule has 0 aromatic carbocycles. The summed E-state index contributed by atoms with van der Waals surface area (Å²) >= 11 is 0. The molecule has 0 aliphatic carbocycles. The molecular weight excluding hydrogens is 296 g/mol. The molecule has 4 rings (SSSR count). The van der Waals surface area contributed by atoms with Crippen LogP contribution in [0.2, 0.25) is 0 Å². The summed E-state index contributed by atoms with van der Waals surface area (Å²) in [5, 5.41) is 0. The lowest BCUT2D eigenvalue weighted by Crippen LogP contribution is -2.44. The fourth-order valence-electron chi connectivity index (χ4n) is 3.84. The molecule has 122 valence electrons. The molecule has 0 N–H and O–H groups in total. The van der Waals surface area contributed by atoms with Crippen LogP contribution in [0.4, 0.5) is 10.6 Å². The van der Waals surface area contributed by atoms with Crippen LogP contribution in [0.25, 0.3) is 0 Å². The SMILES string of the molecule is CO[C@@H]1C[C@H]2C(=O)N([C@H]3CCN(c4ccccn4)C3)C(=O)N2C1. The summed E-state index contributed by atoms with van der Waals surface area (Å²) in [6, 6.07) is 5.22. The zero-order valence-corrected chi connectivity index (χ0v) is 13.1. The minimum atomic E-state index is -0.337. The number of pyridine rings is 1. The van der Waals surface area contributed by atoms with Gasteiger partial charge in [0.05, 0.1) is 12.1 Å². The minimum absolute atomic E-state index is 0.0244. The highest BCUT2D eigenvalue weighted by atomic mass is 16.5. The maximum absolute atomic E-state index is 12.7. The van der Waals surface area contributed by atoms with E-state index in [0.29, 0.717) is 19.5 Å². The molecule has 1 aromatic heterocycles. The standard InChI is InChI=1S/C16H20N4O3/c1-23-12-8-13-15(21)20(16(22)19(13)10-12)11-5-7-18(9-11)14-4-2-3-6-17-14/h2-4,6,11-13H,5,7-10H2,1H3/t11-,12+,13-/m0/s1. The number of amides is 3. The summed E-state index contributed by atoms with van der Waals surface area (Å²) in [5.41, 5.74) is 0. The molecule has 7 heteroatoms. The molecule has 0 bridgehead atoms. The number of anilines is 1. The monoisotopic (exact) mass is 316 g/mol. The Hall–Kier alpha value is -2.15. The molecule has 3 saturated heterocycles. The van der Waals surface area contributed by atoms with Crippen molar-refractivity contribution in [2.24, 2.45) is 0 Å². The quantitative estimate of drug-likeness (QED) is 0.769. The van der Waals surface area contributed by atoms with E-state index in [9.17, 15) is 9.59 Å². The van der Waals surface area contributed by atoms with Crippen molar-refractivity contribution >= 4 is 17.8 Å². The highest BCUT2D eigenvalue weighted by molar-refractivity contribution is 6.05. The predicted molar refractivity (Wildman–Crippen MR) is 83.0 cm³/mol. The van der Waals surface area contributed by atoms with E-state index in [1.807, 2.05) is 18.2 Å². The van der Waals surface area contributed by atoms with Crippen molar-refractivity contribution in [2.75, 3.05) is 31.6 Å². The number of aromatic nitrogens is 1. The highest BCUT2D eigenvalue weighted by Gasteiger charge is 2.53. The number of methoxy groups -OCH3 is 1. The van der Waals surface area contributed by atoms with Crippen molar-refractivity contribution in [3.8, 4) is 0 Å². The molecule has 4 heterocycles. The van der Waals surface area contributed by atoms with E-state index in [1.165, 1.54) is 4.90 Å². The van der Waals surface area contributed by atoms with Gasteiger partial charge in [-0.2, -0.15) is 0 Å². The summed E-state index contributed by atoms with van der Waals surface area (Å²) < 4.78 is 5.30. The molecule has 3 aliphatic heterocycles. The van der Waals surface area contributed by atoms with E-state index in [2.05, 4.69) is 9.88 Å². The summed E-state index contributed by atoms with van der Waals surface area (Å²) in [5.74, 6) is 0.830. The van der Waals surface area contributed by atoms with E-state index in [-0.39, 0.29) is 30.1 Å². The zero-order chi connectivity index (χ0) is 16.0. The Balaban J connectivity index is 1.48. The molecular formula is C16H20N4O3. The van der Waals surface area contributed by atoms with Gasteiger partial charge >= 0.3 is 6.03 Å². The fourth-order valence-corrected chi connectivity index (χ4v) is 3.84. The fraction of sp³-hybridized carbons (Fsp3) is 0.562. The van der Waals surface area contributed by atoms with Gasteiger partial charge in [0.25, 0.3) is 5.91 Å². The molecule has 7 nitrogen and oxygen atoms in total. The number of fused-ring (bicyclic) bond motifs is 1. The smallest absolute Gasteiger partial charge is 0.327 e. The van der Waals surface area contributed by atoms with Crippen LogP contribution in [-0.4, -0.2) is 71.7 Å². The van der Waals surface area contributed by atoms with Gasteiger partial charge in [-0.3, -0.25) is 9.69 Å². The lowest BCUT2D eigenvalue weighted by molar-refractivity contribution is -0.129. The number of urea groups is 1. The molecule has 0 spiro atoms. The third-order valence-electron chi connectivity index (χ3n) is 5.07. The summed E-state index contributed by atoms with van der Waals surface area (Å²) in [6.45, 7) is 1.98. The predicted octanol–water partition coefficient (Wildman–Crippen LogP) is 0.712.